The zero-order chi connectivity index (χ0) is 13.9. The lowest BCUT2D eigenvalue weighted by atomic mass is 9.99. The van der Waals surface area contributed by atoms with Crippen molar-refractivity contribution < 1.29 is 0 Å². The van der Waals surface area contributed by atoms with Crippen molar-refractivity contribution in [2.45, 2.75) is 45.2 Å². The molecular weight excluding hydrogens is 248 g/mol. The number of rotatable bonds is 4. The van der Waals surface area contributed by atoms with Crippen LogP contribution < -0.4 is 5.73 Å². The predicted molar refractivity (Wildman–Crippen MR) is 81.7 cm³/mol. The third-order valence-electron chi connectivity index (χ3n) is 4.47. The largest absolute Gasteiger partial charge is 0.326 e. The van der Waals surface area contributed by atoms with Gasteiger partial charge in [0.05, 0.1) is 11.7 Å². The molecule has 2 aromatic heterocycles. The van der Waals surface area contributed by atoms with Crippen molar-refractivity contribution in [3.8, 4) is 0 Å². The summed E-state index contributed by atoms with van der Waals surface area (Å²) in [4.78, 5) is 7.22. The van der Waals surface area contributed by atoms with E-state index in [4.69, 9.17) is 5.73 Å². The Balaban J connectivity index is 1.86. The van der Waals surface area contributed by atoms with E-state index < -0.39 is 0 Å². The molecule has 0 aliphatic carbocycles. The maximum atomic E-state index is 5.75. The summed E-state index contributed by atoms with van der Waals surface area (Å²) >= 11 is 0. The average molecular weight is 272 g/mol. The third-order valence-corrected chi connectivity index (χ3v) is 4.47. The van der Waals surface area contributed by atoms with Gasteiger partial charge in [0, 0.05) is 25.2 Å². The van der Waals surface area contributed by atoms with Gasteiger partial charge in [-0.2, -0.15) is 0 Å². The van der Waals surface area contributed by atoms with Gasteiger partial charge in [-0.05, 0) is 37.6 Å². The van der Waals surface area contributed by atoms with Crippen molar-refractivity contribution in [2.24, 2.45) is 5.73 Å². The molecule has 3 heterocycles. The highest BCUT2D eigenvalue weighted by Gasteiger charge is 2.22. The molecule has 108 valence electrons. The Morgan fingerprint density at radius 3 is 3.05 bits per heavy atom. The molecule has 0 radical (unpaired) electrons. The van der Waals surface area contributed by atoms with Gasteiger partial charge >= 0.3 is 0 Å². The van der Waals surface area contributed by atoms with E-state index in [9.17, 15) is 0 Å². The van der Waals surface area contributed by atoms with E-state index >= 15 is 0 Å². The summed E-state index contributed by atoms with van der Waals surface area (Å²) in [5, 5.41) is 0. The molecule has 1 unspecified atom stereocenters. The molecule has 4 heteroatoms. The third kappa shape index (κ3) is 2.58. The molecule has 1 saturated heterocycles. The highest BCUT2D eigenvalue weighted by Crippen LogP contribution is 2.20. The van der Waals surface area contributed by atoms with Crippen molar-refractivity contribution in [3.05, 3.63) is 35.9 Å². The van der Waals surface area contributed by atoms with E-state index in [1.54, 1.807) is 0 Å². The number of piperidine rings is 1. The molecule has 3 rings (SSSR count). The number of nitrogens with zero attached hydrogens (tertiary/aromatic N) is 3. The quantitative estimate of drug-likeness (QED) is 0.928. The molecule has 1 atom stereocenters. The Kier molecular flexibility index (Phi) is 4.03. The summed E-state index contributed by atoms with van der Waals surface area (Å²) in [5.74, 6) is 1.17. The fraction of sp³-hybridized carbons (Fsp3) is 0.562. The number of nitrogens with two attached hydrogens (primary N) is 1. The second kappa shape index (κ2) is 5.94. The monoisotopic (exact) mass is 272 g/mol. The number of hydrogen-bond donors (Lipinski definition) is 1. The van der Waals surface area contributed by atoms with E-state index in [2.05, 4.69) is 39.5 Å². The molecule has 1 aliphatic heterocycles. The summed E-state index contributed by atoms with van der Waals surface area (Å²) in [7, 11) is 0. The Hall–Kier alpha value is -1.39. The van der Waals surface area contributed by atoms with Crippen LogP contribution in [0.25, 0.3) is 5.52 Å². The van der Waals surface area contributed by atoms with Crippen LogP contribution in [-0.4, -0.2) is 33.4 Å². The summed E-state index contributed by atoms with van der Waals surface area (Å²) in [5.41, 5.74) is 8.07. The minimum atomic E-state index is 0.581. The summed E-state index contributed by atoms with van der Waals surface area (Å²) in [6, 6.07) is 4.83. The van der Waals surface area contributed by atoms with Gasteiger partial charge in [-0.1, -0.05) is 19.4 Å². The average Bonchev–Trinajstić information content (AvgIpc) is 2.90. The number of likely N-dealkylation sites (N-methyl/N-ethyl adjacent to an activating group) is 1. The second-order valence-electron chi connectivity index (χ2n) is 5.69. The molecule has 1 fully saturated rings. The normalized spacial score (nSPS) is 20.6. The van der Waals surface area contributed by atoms with Gasteiger partial charge in [-0.25, -0.2) is 4.98 Å². The summed E-state index contributed by atoms with van der Waals surface area (Å²) in [6.45, 7) is 5.22. The SMILES string of the molecule is CCN1CCCCC1Cc1ncc2ccc(CN)cn12. The number of fused-ring (bicyclic) bond motifs is 1. The van der Waals surface area contributed by atoms with Crippen LogP contribution in [0, 0.1) is 0 Å². The molecule has 1 aliphatic rings. The van der Waals surface area contributed by atoms with E-state index in [1.807, 2.05) is 6.20 Å². The molecule has 0 spiro atoms. The zero-order valence-corrected chi connectivity index (χ0v) is 12.3. The lowest BCUT2D eigenvalue weighted by molar-refractivity contribution is 0.153. The summed E-state index contributed by atoms with van der Waals surface area (Å²) < 4.78 is 2.21. The van der Waals surface area contributed by atoms with Crippen LogP contribution in [0.15, 0.2) is 24.5 Å². The molecule has 2 N–H and O–H groups in total. The molecule has 0 saturated carbocycles. The standard InChI is InChI=1S/C16H24N4/c1-2-19-8-4-3-5-14(19)9-16-18-11-15-7-6-13(10-17)12-20(15)16/h6-7,11-12,14H,2-5,8-10,17H2,1H3. The van der Waals surface area contributed by atoms with Gasteiger partial charge in [-0.15, -0.1) is 0 Å². The van der Waals surface area contributed by atoms with Gasteiger partial charge in [0.2, 0.25) is 0 Å². The maximum absolute atomic E-state index is 5.75. The molecule has 4 nitrogen and oxygen atoms in total. The Bertz CT molecular complexity index is 575. The summed E-state index contributed by atoms with van der Waals surface area (Å²) in [6.07, 6.45) is 9.11. The van der Waals surface area contributed by atoms with E-state index in [0.29, 0.717) is 12.6 Å². The first kappa shape index (κ1) is 13.6. The Labute approximate surface area is 120 Å². The Morgan fingerprint density at radius 2 is 2.25 bits per heavy atom. The van der Waals surface area contributed by atoms with Crippen molar-refractivity contribution in [1.29, 1.82) is 0 Å². The van der Waals surface area contributed by atoms with Crippen molar-refractivity contribution in [3.63, 3.8) is 0 Å². The van der Waals surface area contributed by atoms with Crippen LogP contribution in [0.3, 0.4) is 0 Å². The Morgan fingerprint density at radius 1 is 1.35 bits per heavy atom. The number of likely N-dealkylation sites (tertiary alicyclic amines) is 1. The molecule has 0 aromatic carbocycles. The lowest BCUT2D eigenvalue weighted by Crippen LogP contribution is -2.40. The second-order valence-corrected chi connectivity index (χ2v) is 5.69. The first-order valence-electron chi connectivity index (χ1n) is 7.70. The molecule has 2 aromatic rings. The van der Waals surface area contributed by atoms with Gasteiger partial charge in [0.25, 0.3) is 0 Å². The first-order valence-corrected chi connectivity index (χ1v) is 7.70. The number of aromatic nitrogens is 2. The molecule has 0 bridgehead atoms. The lowest BCUT2D eigenvalue weighted by Gasteiger charge is -2.34. The molecule has 20 heavy (non-hydrogen) atoms. The fourth-order valence-electron chi connectivity index (χ4n) is 3.28. The van der Waals surface area contributed by atoms with E-state index in [-0.39, 0.29) is 0 Å². The van der Waals surface area contributed by atoms with Crippen LogP contribution in [-0.2, 0) is 13.0 Å². The minimum Gasteiger partial charge on any atom is -0.326 e. The van der Waals surface area contributed by atoms with Crippen molar-refractivity contribution in [2.75, 3.05) is 13.1 Å². The topological polar surface area (TPSA) is 46.6 Å². The van der Waals surface area contributed by atoms with E-state index in [0.717, 1.165) is 24.0 Å². The zero-order valence-electron chi connectivity index (χ0n) is 12.3. The van der Waals surface area contributed by atoms with Crippen molar-refractivity contribution >= 4 is 5.52 Å². The predicted octanol–water partition coefficient (Wildman–Crippen LogP) is 2.21. The van der Waals surface area contributed by atoms with Gasteiger partial charge < -0.3 is 15.0 Å². The van der Waals surface area contributed by atoms with Gasteiger partial charge in [0.1, 0.15) is 5.82 Å². The van der Waals surface area contributed by atoms with E-state index in [1.165, 1.54) is 31.6 Å². The first-order chi connectivity index (χ1) is 9.81. The molecule has 0 amide bonds. The van der Waals surface area contributed by atoms with Crippen LogP contribution in [0.2, 0.25) is 0 Å². The highest BCUT2D eigenvalue weighted by molar-refractivity contribution is 5.47. The highest BCUT2D eigenvalue weighted by atomic mass is 15.2. The van der Waals surface area contributed by atoms with Crippen LogP contribution in [0.5, 0.6) is 0 Å². The van der Waals surface area contributed by atoms with Gasteiger partial charge in [-0.3, -0.25) is 0 Å². The van der Waals surface area contributed by atoms with Crippen LogP contribution in [0.4, 0.5) is 0 Å². The molecular formula is C16H24N4. The minimum absolute atomic E-state index is 0.581. The number of pyridine rings is 1. The number of imidazole rings is 1. The van der Waals surface area contributed by atoms with Crippen LogP contribution in [0.1, 0.15) is 37.6 Å². The van der Waals surface area contributed by atoms with Crippen molar-refractivity contribution in [1.82, 2.24) is 14.3 Å². The fourth-order valence-corrected chi connectivity index (χ4v) is 3.28. The van der Waals surface area contributed by atoms with Crippen LogP contribution >= 0.6 is 0 Å². The smallest absolute Gasteiger partial charge is 0.114 e. The number of hydrogen-bond acceptors (Lipinski definition) is 3. The van der Waals surface area contributed by atoms with Gasteiger partial charge in [0.15, 0.2) is 0 Å². The maximum Gasteiger partial charge on any atom is 0.114 e.